The minimum atomic E-state index is -0.345. The lowest BCUT2D eigenvalue weighted by Gasteiger charge is -1.96. The van der Waals surface area contributed by atoms with E-state index in [1.165, 1.54) is 0 Å². The second-order valence-electron chi connectivity index (χ2n) is 4.12. The number of halogens is 1. The van der Waals surface area contributed by atoms with Gasteiger partial charge in [0.15, 0.2) is 0 Å². The van der Waals surface area contributed by atoms with E-state index < -0.39 is 0 Å². The average Bonchev–Trinajstić information content (AvgIpc) is 2.97. The van der Waals surface area contributed by atoms with Crippen molar-refractivity contribution in [2.45, 2.75) is 0 Å². The Morgan fingerprint density at radius 2 is 1.80 bits per heavy atom. The highest BCUT2D eigenvalue weighted by atomic mass is 35.5. The summed E-state index contributed by atoms with van der Waals surface area (Å²) in [5.41, 5.74) is 1.19. The van der Waals surface area contributed by atoms with Gasteiger partial charge in [0.2, 0.25) is 11.7 Å². The molecule has 0 aliphatic carbocycles. The van der Waals surface area contributed by atoms with Crippen molar-refractivity contribution in [2.75, 3.05) is 0 Å². The van der Waals surface area contributed by atoms with Crippen molar-refractivity contribution >= 4 is 17.4 Å². The summed E-state index contributed by atoms with van der Waals surface area (Å²) in [5.74, 6) is -0.0794. The van der Waals surface area contributed by atoms with E-state index >= 15 is 0 Å². The van der Waals surface area contributed by atoms with Crippen molar-refractivity contribution in [2.24, 2.45) is 0 Å². The largest absolute Gasteiger partial charge is 0.413 e. The third kappa shape index (κ3) is 2.46. The normalized spacial score (nSPS) is 10.4. The van der Waals surface area contributed by atoms with Gasteiger partial charge in [-0.05, 0) is 24.3 Å². The molecule has 20 heavy (non-hydrogen) atoms. The molecule has 3 aromatic rings. The third-order valence-corrected chi connectivity index (χ3v) is 2.96. The molecule has 3 rings (SSSR count). The molecule has 5 heteroatoms. The number of rotatable bonds is 3. The second kappa shape index (κ2) is 5.27. The Morgan fingerprint density at radius 1 is 1.00 bits per heavy atom. The summed E-state index contributed by atoms with van der Waals surface area (Å²) in [4.78, 5) is 12.2. The Kier molecular flexibility index (Phi) is 3.31. The summed E-state index contributed by atoms with van der Waals surface area (Å²) in [6.07, 6.45) is 0. The fraction of sp³-hybridized carbons (Fsp3) is 0. The van der Waals surface area contributed by atoms with Crippen LogP contribution in [0.15, 0.2) is 59.0 Å². The van der Waals surface area contributed by atoms with Crippen LogP contribution in [0.3, 0.4) is 0 Å². The predicted octanol–water partition coefficient (Wildman–Crippen LogP) is 3.62. The molecule has 0 spiro atoms. The van der Waals surface area contributed by atoms with Crippen LogP contribution in [0.2, 0.25) is 5.02 Å². The van der Waals surface area contributed by atoms with Gasteiger partial charge in [0.1, 0.15) is 0 Å². The van der Waals surface area contributed by atoms with E-state index in [0.717, 1.165) is 5.56 Å². The maximum absolute atomic E-state index is 12.2. The van der Waals surface area contributed by atoms with E-state index in [0.29, 0.717) is 16.5 Å². The van der Waals surface area contributed by atoms with Crippen molar-refractivity contribution in [3.63, 3.8) is 0 Å². The zero-order valence-electron chi connectivity index (χ0n) is 10.3. The van der Waals surface area contributed by atoms with Crippen LogP contribution in [0, 0.1) is 0 Å². The first-order valence-corrected chi connectivity index (χ1v) is 6.31. The predicted molar refractivity (Wildman–Crippen MR) is 74.6 cm³/mol. The number of benzene rings is 2. The maximum Gasteiger partial charge on any atom is 0.289 e. The van der Waals surface area contributed by atoms with Crippen LogP contribution in [0.1, 0.15) is 16.2 Å². The summed E-state index contributed by atoms with van der Waals surface area (Å²) >= 11 is 5.86. The monoisotopic (exact) mass is 284 g/mol. The number of aromatic nitrogens is 2. The van der Waals surface area contributed by atoms with Gasteiger partial charge in [-0.2, -0.15) is 0 Å². The van der Waals surface area contributed by atoms with Gasteiger partial charge in [0, 0.05) is 16.1 Å². The summed E-state index contributed by atoms with van der Waals surface area (Å²) in [5, 5.41) is 8.16. The minimum absolute atomic E-state index is 0.0499. The Balaban J connectivity index is 1.93. The summed E-state index contributed by atoms with van der Waals surface area (Å²) in [6, 6.07) is 15.9. The van der Waals surface area contributed by atoms with Crippen LogP contribution >= 0.6 is 11.6 Å². The van der Waals surface area contributed by atoms with E-state index in [9.17, 15) is 4.79 Å². The summed E-state index contributed by atoms with van der Waals surface area (Å²) in [7, 11) is 0. The topological polar surface area (TPSA) is 56.0 Å². The SMILES string of the molecule is O=C(c1cccc(Cl)c1)c1nnc(-c2ccccc2)o1. The molecule has 0 N–H and O–H groups in total. The van der Waals surface area contributed by atoms with E-state index in [1.54, 1.807) is 24.3 Å². The van der Waals surface area contributed by atoms with Crippen LogP contribution < -0.4 is 0 Å². The molecular weight excluding hydrogens is 276 g/mol. The fourth-order valence-corrected chi connectivity index (χ4v) is 1.96. The van der Waals surface area contributed by atoms with Crippen LogP contribution in [0.25, 0.3) is 11.5 Å². The molecule has 0 saturated carbocycles. The molecule has 0 atom stereocenters. The zero-order chi connectivity index (χ0) is 13.9. The van der Waals surface area contributed by atoms with E-state index in [1.807, 2.05) is 30.3 Å². The van der Waals surface area contributed by atoms with Crippen molar-refractivity contribution in [3.05, 3.63) is 71.1 Å². The molecular formula is C15H9ClN2O2. The van der Waals surface area contributed by atoms with Gasteiger partial charge in [-0.3, -0.25) is 4.79 Å². The van der Waals surface area contributed by atoms with E-state index in [2.05, 4.69) is 10.2 Å². The molecule has 1 heterocycles. The second-order valence-corrected chi connectivity index (χ2v) is 4.55. The molecule has 0 unspecified atom stereocenters. The molecule has 0 saturated heterocycles. The number of hydrogen-bond donors (Lipinski definition) is 0. The third-order valence-electron chi connectivity index (χ3n) is 2.73. The van der Waals surface area contributed by atoms with Gasteiger partial charge in [-0.1, -0.05) is 41.9 Å². The Morgan fingerprint density at radius 3 is 2.55 bits per heavy atom. The molecule has 2 aromatic carbocycles. The number of carbonyl (C=O) groups is 1. The summed E-state index contributed by atoms with van der Waals surface area (Å²) < 4.78 is 5.41. The Labute approximate surface area is 120 Å². The van der Waals surface area contributed by atoms with Gasteiger partial charge in [0.25, 0.3) is 5.89 Å². The lowest BCUT2D eigenvalue weighted by molar-refractivity contribution is 0.100. The quantitative estimate of drug-likeness (QED) is 0.689. The number of carbonyl (C=O) groups excluding carboxylic acids is 1. The molecule has 0 radical (unpaired) electrons. The first-order chi connectivity index (χ1) is 9.74. The van der Waals surface area contributed by atoms with Crippen LogP contribution in [0.5, 0.6) is 0 Å². The van der Waals surface area contributed by atoms with Crippen molar-refractivity contribution in [1.29, 1.82) is 0 Å². The highest BCUT2D eigenvalue weighted by molar-refractivity contribution is 6.31. The van der Waals surface area contributed by atoms with E-state index in [-0.39, 0.29) is 11.7 Å². The van der Waals surface area contributed by atoms with Crippen molar-refractivity contribution in [1.82, 2.24) is 10.2 Å². The van der Waals surface area contributed by atoms with Crippen LogP contribution in [-0.4, -0.2) is 16.0 Å². The molecule has 98 valence electrons. The molecule has 0 aliphatic heterocycles. The fourth-order valence-electron chi connectivity index (χ4n) is 1.77. The van der Waals surface area contributed by atoms with Gasteiger partial charge >= 0.3 is 0 Å². The Hall–Kier alpha value is -2.46. The molecule has 1 aromatic heterocycles. The molecule has 0 amide bonds. The van der Waals surface area contributed by atoms with Gasteiger partial charge in [-0.25, -0.2) is 0 Å². The number of ketones is 1. The van der Waals surface area contributed by atoms with Gasteiger partial charge in [0.05, 0.1) is 0 Å². The zero-order valence-corrected chi connectivity index (χ0v) is 11.0. The number of nitrogens with zero attached hydrogens (tertiary/aromatic N) is 2. The van der Waals surface area contributed by atoms with Crippen molar-refractivity contribution < 1.29 is 9.21 Å². The molecule has 0 aliphatic rings. The first kappa shape index (κ1) is 12.6. The van der Waals surface area contributed by atoms with Gasteiger partial charge in [-0.15, -0.1) is 10.2 Å². The van der Waals surface area contributed by atoms with Crippen LogP contribution in [0.4, 0.5) is 0 Å². The van der Waals surface area contributed by atoms with Crippen LogP contribution in [-0.2, 0) is 0 Å². The van der Waals surface area contributed by atoms with E-state index in [4.69, 9.17) is 16.0 Å². The van der Waals surface area contributed by atoms with Gasteiger partial charge < -0.3 is 4.42 Å². The smallest absolute Gasteiger partial charge is 0.289 e. The standard InChI is InChI=1S/C15H9ClN2O2/c16-12-8-4-7-11(9-12)13(19)15-18-17-14(20-15)10-5-2-1-3-6-10/h1-9H. The average molecular weight is 285 g/mol. The minimum Gasteiger partial charge on any atom is -0.413 e. The molecule has 0 bridgehead atoms. The highest BCUT2D eigenvalue weighted by Crippen LogP contribution is 2.19. The lowest BCUT2D eigenvalue weighted by Crippen LogP contribution is -2.01. The maximum atomic E-state index is 12.2. The highest BCUT2D eigenvalue weighted by Gasteiger charge is 2.17. The lowest BCUT2D eigenvalue weighted by atomic mass is 10.1. The molecule has 4 nitrogen and oxygen atoms in total. The molecule has 0 fully saturated rings. The number of hydrogen-bond acceptors (Lipinski definition) is 4. The first-order valence-electron chi connectivity index (χ1n) is 5.93. The Bertz CT molecular complexity index is 753. The van der Waals surface area contributed by atoms with Crippen molar-refractivity contribution in [3.8, 4) is 11.5 Å². The summed E-state index contributed by atoms with van der Waals surface area (Å²) in [6.45, 7) is 0.